The van der Waals surface area contributed by atoms with Crippen LogP contribution in [0, 0.1) is 5.92 Å². The molecule has 2 aliphatic rings. The van der Waals surface area contributed by atoms with E-state index in [1.807, 2.05) is 16.7 Å². The van der Waals surface area contributed by atoms with Crippen molar-refractivity contribution in [2.24, 2.45) is 5.92 Å². The summed E-state index contributed by atoms with van der Waals surface area (Å²) in [5, 5.41) is 0.459. The summed E-state index contributed by atoms with van der Waals surface area (Å²) in [6, 6.07) is 5.25. The lowest BCUT2D eigenvalue weighted by atomic mass is 10.1. The van der Waals surface area contributed by atoms with E-state index in [1.54, 1.807) is 30.2 Å². The van der Waals surface area contributed by atoms with Gasteiger partial charge in [-0.05, 0) is 18.2 Å². The lowest BCUT2D eigenvalue weighted by Crippen LogP contribution is -2.42. The summed E-state index contributed by atoms with van der Waals surface area (Å²) in [7, 11) is 1.55. The normalized spacial score (nSPS) is 21.7. The SMILES string of the molecule is COc1ccc(N2C[C@@H](C(=O)N3CCSCC3)CC2=O)cc1Cl. The van der Waals surface area contributed by atoms with Crippen LogP contribution in [0.4, 0.5) is 5.69 Å². The largest absolute Gasteiger partial charge is 0.495 e. The number of halogens is 1. The van der Waals surface area contributed by atoms with Gasteiger partial charge in [0, 0.05) is 43.2 Å². The van der Waals surface area contributed by atoms with Crippen molar-refractivity contribution >= 4 is 40.9 Å². The second-order valence-corrected chi connectivity index (χ2v) is 7.29. The van der Waals surface area contributed by atoms with Crippen LogP contribution < -0.4 is 9.64 Å². The Balaban J connectivity index is 1.72. The van der Waals surface area contributed by atoms with E-state index in [4.69, 9.17) is 16.3 Å². The molecule has 0 aliphatic carbocycles. The second kappa shape index (κ2) is 7.01. The monoisotopic (exact) mass is 354 g/mol. The molecule has 1 atom stereocenters. The van der Waals surface area contributed by atoms with E-state index in [-0.39, 0.29) is 24.2 Å². The molecule has 23 heavy (non-hydrogen) atoms. The van der Waals surface area contributed by atoms with Gasteiger partial charge in [-0.25, -0.2) is 0 Å². The zero-order valence-corrected chi connectivity index (χ0v) is 14.5. The predicted octanol–water partition coefficient (Wildman–Crippen LogP) is 2.28. The number of nitrogens with zero attached hydrogens (tertiary/aromatic N) is 2. The van der Waals surface area contributed by atoms with Crippen molar-refractivity contribution < 1.29 is 14.3 Å². The molecule has 2 amide bonds. The number of rotatable bonds is 3. The highest BCUT2D eigenvalue weighted by Gasteiger charge is 2.37. The van der Waals surface area contributed by atoms with Crippen molar-refractivity contribution in [2.75, 3.05) is 43.1 Å². The molecule has 0 unspecified atom stereocenters. The Hall–Kier alpha value is -1.40. The number of carbonyl (C=O) groups is 2. The molecule has 1 aromatic carbocycles. The molecule has 7 heteroatoms. The van der Waals surface area contributed by atoms with E-state index >= 15 is 0 Å². The minimum atomic E-state index is -0.258. The third-order valence-corrected chi connectivity index (χ3v) is 5.48. The summed E-state index contributed by atoms with van der Waals surface area (Å²) in [6.45, 7) is 1.98. The van der Waals surface area contributed by atoms with Gasteiger partial charge < -0.3 is 14.5 Å². The van der Waals surface area contributed by atoms with Gasteiger partial charge >= 0.3 is 0 Å². The van der Waals surface area contributed by atoms with Gasteiger partial charge in [-0.3, -0.25) is 9.59 Å². The van der Waals surface area contributed by atoms with Gasteiger partial charge in [-0.1, -0.05) is 11.6 Å². The zero-order chi connectivity index (χ0) is 16.4. The van der Waals surface area contributed by atoms with E-state index in [0.29, 0.717) is 23.0 Å². The summed E-state index contributed by atoms with van der Waals surface area (Å²) in [5.74, 6) is 2.33. The minimum Gasteiger partial charge on any atom is -0.495 e. The number of hydrogen-bond acceptors (Lipinski definition) is 4. The second-order valence-electron chi connectivity index (χ2n) is 5.66. The molecular formula is C16H19ClN2O3S. The summed E-state index contributed by atoms with van der Waals surface area (Å²) in [5.41, 5.74) is 0.713. The van der Waals surface area contributed by atoms with Crippen molar-refractivity contribution in [1.29, 1.82) is 0 Å². The van der Waals surface area contributed by atoms with Gasteiger partial charge in [0.2, 0.25) is 11.8 Å². The Kier molecular flexibility index (Phi) is 5.02. The fourth-order valence-electron chi connectivity index (χ4n) is 2.99. The van der Waals surface area contributed by atoms with Crippen molar-refractivity contribution in [3.8, 4) is 5.75 Å². The van der Waals surface area contributed by atoms with Gasteiger partial charge in [0.05, 0.1) is 18.1 Å². The number of methoxy groups -OCH3 is 1. The van der Waals surface area contributed by atoms with Gasteiger partial charge in [-0.15, -0.1) is 0 Å². The molecule has 2 heterocycles. The number of hydrogen-bond donors (Lipinski definition) is 0. The molecule has 0 spiro atoms. The Bertz CT molecular complexity index is 619. The molecule has 5 nitrogen and oxygen atoms in total. The summed E-state index contributed by atoms with van der Waals surface area (Å²) in [6.07, 6.45) is 0.270. The first kappa shape index (κ1) is 16.5. The lowest BCUT2D eigenvalue weighted by Gasteiger charge is -2.28. The average Bonchev–Trinajstić information content (AvgIpc) is 2.96. The zero-order valence-electron chi connectivity index (χ0n) is 13.0. The van der Waals surface area contributed by atoms with Crippen LogP contribution >= 0.6 is 23.4 Å². The van der Waals surface area contributed by atoms with Crippen LogP contribution in [-0.2, 0) is 9.59 Å². The number of ether oxygens (including phenoxy) is 1. The highest BCUT2D eigenvalue weighted by Crippen LogP contribution is 2.32. The predicted molar refractivity (Wildman–Crippen MR) is 92.4 cm³/mol. The summed E-state index contributed by atoms with van der Waals surface area (Å²) < 4.78 is 5.13. The Labute approximate surface area is 144 Å². The van der Waals surface area contributed by atoms with Crippen LogP contribution in [0.3, 0.4) is 0 Å². The van der Waals surface area contributed by atoms with Crippen LogP contribution in [-0.4, -0.2) is 55.0 Å². The number of amides is 2. The van der Waals surface area contributed by atoms with Crippen LogP contribution in [0.2, 0.25) is 5.02 Å². The molecule has 1 aromatic rings. The first-order valence-electron chi connectivity index (χ1n) is 7.60. The van der Waals surface area contributed by atoms with Crippen LogP contribution in [0.25, 0.3) is 0 Å². The molecule has 0 radical (unpaired) electrons. The molecular weight excluding hydrogens is 336 g/mol. The molecule has 2 saturated heterocycles. The number of benzene rings is 1. The van der Waals surface area contributed by atoms with Crippen molar-refractivity contribution in [3.63, 3.8) is 0 Å². The molecule has 0 saturated carbocycles. The van der Waals surface area contributed by atoms with E-state index in [2.05, 4.69) is 0 Å². The van der Waals surface area contributed by atoms with Crippen molar-refractivity contribution in [2.45, 2.75) is 6.42 Å². The molecule has 2 fully saturated rings. The maximum Gasteiger partial charge on any atom is 0.228 e. The average molecular weight is 355 g/mol. The lowest BCUT2D eigenvalue weighted by molar-refractivity contribution is -0.135. The quantitative estimate of drug-likeness (QED) is 0.835. The third kappa shape index (κ3) is 3.43. The first-order chi connectivity index (χ1) is 11.1. The Morgan fingerprint density at radius 2 is 2.09 bits per heavy atom. The molecule has 3 rings (SSSR count). The van der Waals surface area contributed by atoms with E-state index in [1.165, 1.54) is 0 Å². The van der Waals surface area contributed by atoms with E-state index in [9.17, 15) is 9.59 Å². The summed E-state index contributed by atoms with van der Waals surface area (Å²) in [4.78, 5) is 28.4. The number of thioether (sulfide) groups is 1. The van der Waals surface area contributed by atoms with Gasteiger partial charge in [0.1, 0.15) is 5.75 Å². The Morgan fingerprint density at radius 3 is 2.74 bits per heavy atom. The fourth-order valence-corrected chi connectivity index (χ4v) is 4.14. The summed E-state index contributed by atoms with van der Waals surface area (Å²) >= 11 is 8.00. The number of anilines is 1. The van der Waals surface area contributed by atoms with Crippen molar-refractivity contribution in [3.05, 3.63) is 23.2 Å². The highest BCUT2D eigenvalue weighted by molar-refractivity contribution is 7.99. The maximum atomic E-state index is 12.6. The van der Waals surface area contributed by atoms with Crippen molar-refractivity contribution in [1.82, 2.24) is 4.90 Å². The molecule has 0 bridgehead atoms. The van der Waals surface area contributed by atoms with E-state index in [0.717, 1.165) is 24.6 Å². The van der Waals surface area contributed by atoms with Gasteiger partial charge in [-0.2, -0.15) is 11.8 Å². The standard InChI is InChI=1S/C16H19ClN2O3S/c1-22-14-3-2-12(9-13(14)17)19-10-11(8-15(19)20)16(21)18-4-6-23-7-5-18/h2-3,9,11H,4-8,10H2,1H3/t11-/m0/s1. The van der Waals surface area contributed by atoms with Gasteiger partial charge in [0.25, 0.3) is 0 Å². The van der Waals surface area contributed by atoms with Crippen LogP contribution in [0.15, 0.2) is 18.2 Å². The van der Waals surface area contributed by atoms with E-state index < -0.39 is 0 Å². The molecule has 0 N–H and O–H groups in total. The number of carbonyl (C=O) groups excluding carboxylic acids is 2. The fraction of sp³-hybridized carbons (Fsp3) is 0.500. The maximum absolute atomic E-state index is 12.6. The van der Waals surface area contributed by atoms with Crippen LogP contribution in [0.1, 0.15) is 6.42 Å². The molecule has 124 valence electrons. The topological polar surface area (TPSA) is 49.9 Å². The molecule has 2 aliphatic heterocycles. The Morgan fingerprint density at radius 1 is 1.35 bits per heavy atom. The smallest absolute Gasteiger partial charge is 0.228 e. The van der Waals surface area contributed by atoms with Gasteiger partial charge in [0.15, 0.2) is 0 Å². The first-order valence-corrected chi connectivity index (χ1v) is 9.14. The molecule has 0 aromatic heterocycles. The van der Waals surface area contributed by atoms with Crippen LogP contribution in [0.5, 0.6) is 5.75 Å². The minimum absolute atomic E-state index is 0.0315. The third-order valence-electron chi connectivity index (χ3n) is 4.24. The highest BCUT2D eigenvalue weighted by atomic mass is 35.5.